The van der Waals surface area contributed by atoms with Gasteiger partial charge in [-0.05, 0) is 0 Å². The maximum Gasteiger partial charge on any atom is 0.222 e. The Morgan fingerprint density at radius 2 is 2.17 bits per heavy atom. The number of anilines is 1. The Labute approximate surface area is 72.6 Å². The lowest BCUT2D eigenvalue weighted by Crippen LogP contribution is -2.09. The average Bonchev–Trinajstić information content (AvgIpc) is 2.40. The van der Waals surface area contributed by atoms with E-state index in [0.29, 0.717) is 5.82 Å². The maximum atomic E-state index is 10.5. The number of nitrogens with zero attached hydrogens (tertiary/aromatic N) is 2. The first-order valence-corrected chi connectivity index (χ1v) is 3.96. The molecule has 0 aliphatic rings. The fourth-order valence-electron chi connectivity index (χ4n) is 0.677. The quantitative estimate of drug-likeness (QED) is 0.690. The molecule has 0 fully saturated rings. The largest absolute Gasteiger partial charge is 0.311 e. The zero-order valence-electron chi connectivity index (χ0n) is 7.96. The van der Waals surface area contributed by atoms with Gasteiger partial charge in [-0.15, -0.1) is 0 Å². The van der Waals surface area contributed by atoms with Gasteiger partial charge in [0, 0.05) is 20.0 Å². The molecule has 0 aliphatic carbocycles. The summed E-state index contributed by atoms with van der Waals surface area (Å²) >= 11 is 0. The van der Waals surface area contributed by atoms with Crippen molar-refractivity contribution in [2.75, 3.05) is 5.32 Å². The zero-order valence-corrected chi connectivity index (χ0v) is 7.96. The number of nitrogens with one attached hydrogen (secondary N) is 1. The van der Waals surface area contributed by atoms with Crippen molar-refractivity contribution in [3.8, 4) is 0 Å². The van der Waals surface area contributed by atoms with E-state index in [-0.39, 0.29) is 5.91 Å². The first-order valence-electron chi connectivity index (χ1n) is 3.96. The Hall–Kier alpha value is -1.32. The normalized spacial score (nSPS) is 8.33. The molecular weight excluding hydrogens is 154 g/mol. The number of aromatic nitrogens is 2. The van der Waals surface area contributed by atoms with Crippen LogP contribution < -0.4 is 5.32 Å². The minimum absolute atomic E-state index is 0.0800. The highest BCUT2D eigenvalue weighted by Crippen LogP contribution is 2.01. The number of carbonyl (C=O) groups is 1. The SMILES string of the molecule is CC.CC(=O)Nc1ccnn1C. The summed E-state index contributed by atoms with van der Waals surface area (Å²) < 4.78 is 1.60. The van der Waals surface area contributed by atoms with Crippen molar-refractivity contribution in [2.45, 2.75) is 20.8 Å². The van der Waals surface area contributed by atoms with Gasteiger partial charge in [0.15, 0.2) is 0 Å². The minimum atomic E-state index is -0.0800. The van der Waals surface area contributed by atoms with Crippen molar-refractivity contribution >= 4 is 11.7 Å². The molecule has 1 amide bonds. The fraction of sp³-hybridized carbons (Fsp3) is 0.500. The van der Waals surface area contributed by atoms with Crippen molar-refractivity contribution < 1.29 is 4.79 Å². The summed E-state index contributed by atoms with van der Waals surface area (Å²) in [6.07, 6.45) is 1.63. The van der Waals surface area contributed by atoms with Gasteiger partial charge in [0.05, 0.1) is 6.20 Å². The molecule has 0 bridgehead atoms. The summed E-state index contributed by atoms with van der Waals surface area (Å²) in [6.45, 7) is 5.47. The molecule has 1 aromatic rings. The highest BCUT2D eigenvalue weighted by Gasteiger charge is 1.97. The first-order chi connectivity index (χ1) is 5.70. The first kappa shape index (κ1) is 10.7. The van der Waals surface area contributed by atoms with Crippen LogP contribution in [0, 0.1) is 0 Å². The second-order valence-electron chi connectivity index (χ2n) is 2.02. The van der Waals surface area contributed by atoms with Crippen molar-refractivity contribution in [1.29, 1.82) is 0 Å². The van der Waals surface area contributed by atoms with E-state index in [1.54, 1.807) is 24.0 Å². The summed E-state index contributed by atoms with van der Waals surface area (Å²) in [4.78, 5) is 10.5. The van der Waals surface area contributed by atoms with Gasteiger partial charge in [-0.25, -0.2) is 0 Å². The smallest absolute Gasteiger partial charge is 0.222 e. The van der Waals surface area contributed by atoms with Gasteiger partial charge in [-0.2, -0.15) is 5.10 Å². The van der Waals surface area contributed by atoms with Crippen LogP contribution in [-0.4, -0.2) is 15.7 Å². The standard InChI is InChI=1S/C6H9N3O.C2H6/c1-5(10)8-6-3-4-7-9(6)2;1-2/h3-4H,1-2H3,(H,8,10);1-2H3. The number of hydrogen-bond donors (Lipinski definition) is 1. The molecule has 0 radical (unpaired) electrons. The third-order valence-corrected chi connectivity index (χ3v) is 1.13. The lowest BCUT2D eigenvalue weighted by atomic mass is 10.6. The average molecular weight is 169 g/mol. The van der Waals surface area contributed by atoms with Gasteiger partial charge in [0.2, 0.25) is 5.91 Å². The van der Waals surface area contributed by atoms with Gasteiger partial charge < -0.3 is 5.32 Å². The molecule has 0 aliphatic heterocycles. The van der Waals surface area contributed by atoms with Crippen LogP contribution in [0.25, 0.3) is 0 Å². The van der Waals surface area contributed by atoms with Gasteiger partial charge in [-0.1, -0.05) is 13.8 Å². The van der Waals surface area contributed by atoms with Crippen molar-refractivity contribution in [3.05, 3.63) is 12.3 Å². The number of hydrogen-bond acceptors (Lipinski definition) is 2. The summed E-state index contributed by atoms with van der Waals surface area (Å²) in [6, 6.07) is 1.74. The molecule has 0 unspecified atom stereocenters. The Kier molecular flexibility index (Phi) is 4.76. The Morgan fingerprint density at radius 3 is 2.50 bits per heavy atom. The Bertz CT molecular complexity index is 242. The summed E-state index contributed by atoms with van der Waals surface area (Å²) in [7, 11) is 1.77. The van der Waals surface area contributed by atoms with Crippen LogP contribution in [0.15, 0.2) is 12.3 Å². The number of aryl methyl sites for hydroxylation is 1. The third-order valence-electron chi connectivity index (χ3n) is 1.13. The van der Waals surface area contributed by atoms with Gasteiger partial charge in [0.25, 0.3) is 0 Å². The second kappa shape index (κ2) is 5.35. The van der Waals surface area contributed by atoms with Crippen LogP contribution in [0.1, 0.15) is 20.8 Å². The molecule has 0 atom stereocenters. The molecule has 0 aromatic carbocycles. The van der Waals surface area contributed by atoms with Crippen LogP contribution in [0.4, 0.5) is 5.82 Å². The Balaban J connectivity index is 0.000000561. The van der Waals surface area contributed by atoms with Crippen molar-refractivity contribution in [1.82, 2.24) is 9.78 Å². The molecule has 0 saturated carbocycles. The van der Waals surface area contributed by atoms with Crippen LogP contribution >= 0.6 is 0 Å². The van der Waals surface area contributed by atoms with Gasteiger partial charge in [-0.3, -0.25) is 9.48 Å². The fourth-order valence-corrected chi connectivity index (χ4v) is 0.677. The van der Waals surface area contributed by atoms with Crippen LogP contribution in [-0.2, 0) is 11.8 Å². The van der Waals surface area contributed by atoms with E-state index >= 15 is 0 Å². The van der Waals surface area contributed by atoms with Crippen LogP contribution in [0.3, 0.4) is 0 Å². The van der Waals surface area contributed by atoms with Crippen LogP contribution in [0.2, 0.25) is 0 Å². The Morgan fingerprint density at radius 1 is 1.58 bits per heavy atom. The summed E-state index contributed by atoms with van der Waals surface area (Å²) in [5.41, 5.74) is 0. The highest BCUT2D eigenvalue weighted by molar-refractivity contribution is 5.87. The molecule has 0 saturated heterocycles. The molecule has 1 aromatic heterocycles. The van der Waals surface area contributed by atoms with E-state index in [4.69, 9.17) is 0 Å². The summed E-state index contributed by atoms with van der Waals surface area (Å²) in [5, 5.41) is 6.49. The molecular formula is C8H15N3O. The lowest BCUT2D eigenvalue weighted by Gasteiger charge is -1.99. The zero-order chi connectivity index (χ0) is 9.56. The molecule has 4 heteroatoms. The van der Waals surface area contributed by atoms with E-state index in [1.807, 2.05) is 13.8 Å². The number of amides is 1. The van der Waals surface area contributed by atoms with Crippen molar-refractivity contribution in [2.24, 2.45) is 7.05 Å². The molecule has 68 valence electrons. The van der Waals surface area contributed by atoms with Crippen molar-refractivity contribution in [3.63, 3.8) is 0 Å². The monoisotopic (exact) mass is 169 g/mol. The maximum absolute atomic E-state index is 10.5. The van der Waals surface area contributed by atoms with E-state index in [1.165, 1.54) is 6.92 Å². The minimum Gasteiger partial charge on any atom is -0.311 e. The van der Waals surface area contributed by atoms with E-state index in [9.17, 15) is 4.79 Å². The molecule has 0 spiro atoms. The van der Waals surface area contributed by atoms with Gasteiger partial charge >= 0.3 is 0 Å². The molecule has 12 heavy (non-hydrogen) atoms. The number of carbonyl (C=O) groups excluding carboxylic acids is 1. The van der Waals surface area contributed by atoms with Gasteiger partial charge in [0.1, 0.15) is 5.82 Å². The van der Waals surface area contributed by atoms with E-state index < -0.39 is 0 Å². The van der Waals surface area contributed by atoms with E-state index in [2.05, 4.69) is 10.4 Å². The van der Waals surface area contributed by atoms with Crippen LogP contribution in [0.5, 0.6) is 0 Å². The predicted molar refractivity (Wildman–Crippen MR) is 48.9 cm³/mol. The molecule has 1 N–H and O–H groups in total. The number of rotatable bonds is 1. The second-order valence-corrected chi connectivity index (χ2v) is 2.02. The predicted octanol–water partition coefficient (Wildman–Crippen LogP) is 1.40. The highest BCUT2D eigenvalue weighted by atomic mass is 16.1. The molecule has 1 rings (SSSR count). The third kappa shape index (κ3) is 3.18. The van der Waals surface area contributed by atoms with E-state index in [0.717, 1.165) is 0 Å². The lowest BCUT2D eigenvalue weighted by molar-refractivity contribution is -0.114. The summed E-state index contributed by atoms with van der Waals surface area (Å²) in [5.74, 6) is 0.635. The molecule has 1 heterocycles. The topological polar surface area (TPSA) is 46.9 Å². The molecule has 4 nitrogen and oxygen atoms in total.